The van der Waals surface area contributed by atoms with Gasteiger partial charge in [0.25, 0.3) is 0 Å². The standard InChI is InChI=1S/C52H68O11/c1-36(2)48(54)59-31-10-8-9-11-32-60-51(57)44-19-17-41(18-20-44)43-23-27-46(28-24-43)63-47(53)29-14-39-12-15-40(16-13-39)42-21-25-45(26-22-42)58-33-30-52(7,34-61-49(55)37(3)4)35-62-50(56)38(5)6/h12-16,21-22,25-26,29,41,43-44,46H,1,3,5,8-11,17-20,23-24,27-28,30-35H2,2,4,6-7H3/b29-14+/t41-,43?,44-,46?. The van der Waals surface area contributed by atoms with Crippen molar-refractivity contribution in [2.75, 3.05) is 33.0 Å². The van der Waals surface area contributed by atoms with E-state index in [1.54, 1.807) is 26.8 Å². The van der Waals surface area contributed by atoms with Crippen LogP contribution in [0.25, 0.3) is 17.2 Å². The van der Waals surface area contributed by atoms with Gasteiger partial charge in [-0.05, 0) is 151 Å². The van der Waals surface area contributed by atoms with Crippen LogP contribution in [0.15, 0.2) is 91.1 Å². The van der Waals surface area contributed by atoms with Crippen LogP contribution in [0.1, 0.15) is 117 Å². The van der Waals surface area contributed by atoms with Gasteiger partial charge in [0, 0.05) is 28.2 Å². The second-order valence-electron chi connectivity index (χ2n) is 17.7. The first kappa shape index (κ1) is 50.2. The monoisotopic (exact) mass is 868 g/mol. The Labute approximate surface area is 374 Å². The van der Waals surface area contributed by atoms with Crippen molar-refractivity contribution in [3.05, 3.63) is 96.6 Å². The molecule has 0 unspecified atom stereocenters. The van der Waals surface area contributed by atoms with Gasteiger partial charge in [0.2, 0.25) is 0 Å². The summed E-state index contributed by atoms with van der Waals surface area (Å²) >= 11 is 0. The summed E-state index contributed by atoms with van der Waals surface area (Å²) < 4.78 is 33.3. The van der Waals surface area contributed by atoms with Crippen LogP contribution in [0.4, 0.5) is 0 Å². The molecule has 0 saturated heterocycles. The fourth-order valence-corrected chi connectivity index (χ4v) is 7.87. The highest BCUT2D eigenvalue weighted by Crippen LogP contribution is 2.41. The molecule has 2 aliphatic carbocycles. The first-order valence-corrected chi connectivity index (χ1v) is 22.5. The Morgan fingerprint density at radius 3 is 1.60 bits per heavy atom. The average molecular weight is 869 g/mol. The lowest BCUT2D eigenvalue weighted by molar-refractivity contribution is -0.151. The molecule has 0 atom stereocenters. The molecule has 0 amide bonds. The van der Waals surface area contributed by atoms with Crippen molar-refractivity contribution in [2.24, 2.45) is 23.2 Å². The van der Waals surface area contributed by atoms with Crippen LogP contribution >= 0.6 is 0 Å². The number of carbonyl (C=O) groups is 5. The van der Waals surface area contributed by atoms with Gasteiger partial charge < -0.3 is 28.4 Å². The number of benzene rings is 2. The molecule has 0 radical (unpaired) electrons. The molecular weight excluding hydrogens is 801 g/mol. The molecule has 2 aromatic carbocycles. The van der Waals surface area contributed by atoms with Crippen LogP contribution in [0.2, 0.25) is 0 Å². The van der Waals surface area contributed by atoms with Crippen molar-refractivity contribution >= 4 is 35.9 Å². The number of unbranched alkanes of at least 4 members (excludes halogenated alkanes) is 3. The Hall–Kier alpha value is -5.45. The number of rotatable bonds is 24. The van der Waals surface area contributed by atoms with E-state index in [1.165, 1.54) is 6.08 Å². The fraction of sp³-hybridized carbons (Fsp3) is 0.519. The smallest absolute Gasteiger partial charge is 0.333 e. The molecule has 63 heavy (non-hydrogen) atoms. The van der Waals surface area contributed by atoms with Crippen molar-refractivity contribution < 1.29 is 52.4 Å². The van der Waals surface area contributed by atoms with Crippen LogP contribution in [0.5, 0.6) is 5.75 Å². The van der Waals surface area contributed by atoms with Crippen LogP contribution in [0.3, 0.4) is 0 Å². The summed E-state index contributed by atoms with van der Waals surface area (Å²) in [7, 11) is 0. The van der Waals surface area contributed by atoms with Gasteiger partial charge in [-0.1, -0.05) is 63.1 Å². The van der Waals surface area contributed by atoms with Crippen molar-refractivity contribution in [1.29, 1.82) is 0 Å². The summed E-state index contributed by atoms with van der Waals surface area (Å²) in [5, 5.41) is 0. The summed E-state index contributed by atoms with van der Waals surface area (Å²) in [6.45, 7) is 18.7. The molecule has 11 heteroatoms. The van der Waals surface area contributed by atoms with Crippen molar-refractivity contribution in [3.63, 3.8) is 0 Å². The van der Waals surface area contributed by atoms with Gasteiger partial charge >= 0.3 is 29.8 Å². The largest absolute Gasteiger partial charge is 0.494 e. The zero-order chi connectivity index (χ0) is 45.8. The highest BCUT2D eigenvalue weighted by atomic mass is 16.6. The van der Waals surface area contributed by atoms with E-state index in [-0.39, 0.29) is 54.3 Å². The Bertz CT molecular complexity index is 1860. The molecule has 0 aliphatic heterocycles. The van der Waals surface area contributed by atoms with E-state index >= 15 is 0 Å². The topological polar surface area (TPSA) is 141 Å². The zero-order valence-corrected chi connectivity index (χ0v) is 37.9. The third kappa shape index (κ3) is 17.7. The molecule has 2 fully saturated rings. The van der Waals surface area contributed by atoms with Gasteiger partial charge in [-0.2, -0.15) is 0 Å². The molecular formula is C52H68O11. The Morgan fingerprint density at radius 2 is 1.08 bits per heavy atom. The maximum atomic E-state index is 12.8. The summed E-state index contributed by atoms with van der Waals surface area (Å²) in [5.74, 6) is 0.0936. The molecule has 0 aromatic heterocycles. The van der Waals surface area contributed by atoms with E-state index < -0.39 is 17.4 Å². The number of ether oxygens (including phenoxy) is 6. The van der Waals surface area contributed by atoms with Crippen molar-refractivity contribution in [3.8, 4) is 16.9 Å². The molecule has 2 aliphatic rings. The second kappa shape index (κ2) is 25.6. The van der Waals surface area contributed by atoms with Gasteiger partial charge in [0.05, 0.1) is 25.7 Å². The van der Waals surface area contributed by atoms with E-state index in [1.807, 2.05) is 55.5 Å². The lowest BCUT2D eigenvalue weighted by atomic mass is 9.70. The second-order valence-corrected chi connectivity index (χ2v) is 17.7. The molecule has 2 saturated carbocycles. The Morgan fingerprint density at radius 1 is 0.603 bits per heavy atom. The molecule has 0 spiro atoms. The van der Waals surface area contributed by atoms with Gasteiger partial charge in [-0.3, -0.25) is 4.79 Å². The molecule has 0 heterocycles. The quantitative estimate of drug-likeness (QED) is 0.0431. The van der Waals surface area contributed by atoms with Gasteiger partial charge in [0.1, 0.15) is 25.1 Å². The van der Waals surface area contributed by atoms with Crippen LogP contribution in [0, 0.1) is 23.2 Å². The van der Waals surface area contributed by atoms with Crippen LogP contribution < -0.4 is 4.74 Å². The molecule has 342 valence electrons. The summed E-state index contributed by atoms with van der Waals surface area (Å²) in [6, 6.07) is 15.6. The molecule has 11 nitrogen and oxygen atoms in total. The van der Waals surface area contributed by atoms with E-state index in [0.29, 0.717) is 49.4 Å². The Balaban J connectivity index is 1.11. The highest BCUT2D eigenvalue weighted by Gasteiger charge is 2.34. The van der Waals surface area contributed by atoms with E-state index in [2.05, 4.69) is 19.7 Å². The zero-order valence-electron chi connectivity index (χ0n) is 37.9. The van der Waals surface area contributed by atoms with E-state index in [4.69, 9.17) is 28.4 Å². The van der Waals surface area contributed by atoms with Crippen LogP contribution in [-0.2, 0) is 47.7 Å². The maximum Gasteiger partial charge on any atom is 0.333 e. The number of carbonyl (C=O) groups excluding carboxylic acids is 5. The molecule has 0 N–H and O–H groups in total. The Kier molecular flexibility index (Phi) is 20.4. The lowest BCUT2D eigenvalue weighted by Crippen LogP contribution is -2.33. The van der Waals surface area contributed by atoms with E-state index in [0.717, 1.165) is 93.7 Å². The first-order chi connectivity index (χ1) is 30.1. The van der Waals surface area contributed by atoms with Crippen molar-refractivity contribution in [1.82, 2.24) is 0 Å². The first-order valence-electron chi connectivity index (χ1n) is 22.5. The minimum absolute atomic E-state index is 0.0145. The number of hydrogen-bond acceptors (Lipinski definition) is 11. The third-order valence-corrected chi connectivity index (χ3v) is 11.9. The van der Waals surface area contributed by atoms with Gasteiger partial charge in [0.15, 0.2) is 0 Å². The van der Waals surface area contributed by atoms with Crippen molar-refractivity contribution in [2.45, 2.75) is 117 Å². The predicted molar refractivity (Wildman–Crippen MR) is 243 cm³/mol. The van der Waals surface area contributed by atoms with Crippen LogP contribution in [-0.4, -0.2) is 69.0 Å². The van der Waals surface area contributed by atoms with Gasteiger partial charge in [-0.25, -0.2) is 19.2 Å². The molecule has 4 rings (SSSR count). The normalized spacial score (nSPS) is 18.7. The maximum absolute atomic E-state index is 12.8. The highest BCUT2D eigenvalue weighted by molar-refractivity contribution is 5.88. The molecule has 0 bridgehead atoms. The third-order valence-electron chi connectivity index (χ3n) is 11.9. The number of esters is 5. The predicted octanol–water partition coefficient (Wildman–Crippen LogP) is 10.5. The minimum atomic E-state index is -0.679. The SMILES string of the molecule is C=C(C)C(=O)OCCCCCCOC(=O)[C@H]1CC[C@H](C2CCC(OC(=O)/C=C/c3ccc(-c4ccc(OCCC(C)(COC(=O)C(=C)C)COC(=O)C(=C)C)cc4)cc3)CC2)CC1. The fourth-order valence-electron chi connectivity index (χ4n) is 7.87. The summed E-state index contributed by atoms with van der Waals surface area (Å²) in [4.78, 5) is 60.9. The lowest BCUT2D eigenvalue weighted by Gasteiger charge is -2.37. The molecule has 2 aromatic rings. The number of hydrogen-bond donors (Lipinski definition) is 0. The summed E-state index contributed by atoms with van der Waals surface area (Å²) in [6.07, 6.45) is 14.7. The van der Waals surface area contributed by atoms with E-state index in [9.17, 15) is 24.0 Å². The average Bonchev–Trinajstić information content (AvgIpc) is 3.28. The summed E-state index contributed by atoms with van der Waals surface area (Å²) in [5.41, 5.74) is 3.21. The minimum Gasteiger partial charge on any atom is -0.494 e. The van der Waals surface area contributed by atoms with Gasteiger partial charge in [-0.15, -0.1) is 0 Å².